The molecule has 8 heteroatoms. The fraction of sp³-hybridized carbons (Fsp3) is 0.214. The molecule has 1 amide bonds. The summed E-state index contributed by atoms with van der Waals surface area (Å²) in [7, 11) is 0. The SMILES string of the molecule is O=C(NCc1ccco1)C1CCN(c2nc(-c3cccnc3)nc3sc(-c4ccccc4)cc23)CC1. The highest BCUT2D eigenvalue weighted by Crippen LogP contribution is 2.38. The van der Waals surface area contributed by atoms with Crippen molar-refractivity contribution in [2.45, 2.75) is 19.4 Å². The Bertz CT molecular complexity index is 1460. The number of anilines is 1. The van der Waals surface area contributed by atoms with Gasteiger partial charge in [0, 0.05) is 41.8 Å². The van der Waals surface area contributed by atoms with Crippen LogP contribution in [0.25, 0.3) is 32.0 Å². The number of benzene rings is 1. The molecule has 1 aliphatic heterocycles. The van der Waals surface area contributed by atoms with Crippen LogP contribution >= 0.6 is 11.3 Å². The third kappa shape index (κ3) is 4.59. The van der Waals surface area contributed by atoms with Crippen molar-refractivity contribution in [3.8, 4) is 21.8 Å². The predicted molar refractivity (Wildman–Crippen MR) is 142 cm³/mol. The number of pyridine rings is 1. The first kappa shape index (κ1) is 22.4. The van der Waals surface area contributed by atoms with Gasteiger partial charge < -0.3 is 14.6 Å². The summed E-state index contributed by atoms with van der Waals surface area (Å²) in [5.74, 6) is 2.42. The van der Waals surface area contributed by atoms with Crippen LogP contribution in [0.1, 0.15) is 18.6 Å². The van der Waals surface area contributed by atoms with Crippen molar-refractivity contribution in [1.29, 1.82) is 0 Å². The molecule has 0 bridgehead atoms. The minimum atomic E-state index is -0.0197. The van der Waals surface area contributed by atoms with Crippen molar-refractivity contribution in [2.24, 2.45) is 5.92 Å². The quantitative estimate of drug-likeness (QED) is 0.333. The normalized spacial score (nSPS) is 14.3. The van der Waals surface area contributed by atoms with E-state index in [4.69, 9.17) is 14.4 Å². The minimum Gasteiger partial charge on any atom is -0.467 e. The molecule has 0 radical (unpaired) electrons. The number of nitrogens with zero attached hydrogens (tertiary/aromatic N) is 4. The number of nitrogens with one attached hydrogen (secondary N) is 1. The summed E-state index contributed by atoms with van der Waals surface area (Å²) in [6.45, 7) is 1.94. The zero-order valence-corrected chi connectivity index (χ0v) is 20.4. The van der Waals surface area contributed by atoms with Crippen LogP contribution in [0.15, 0.2) is 83.7 Å². The number of fused-ring (bicyclic) bond motifs is 1. The van der Waals surface area contributed by atoms with Gasteiger partial charge in [-0.15, -0.1) is 11.3 Å². The number of thiophene rings is 1. The maximum absolute atomic E-state index is 12.7. The maximum Gasteiger partial charge on any atom is 0.223 e. The fourth-order valence-electron chi connectivity index (χ4n) is 4.60. The number of amides is 1. The van der Waals surface area contributed by atoms with Gasteiger partial charge in [0.05, 0.1) is 18.2 Å². The lowest BCUT2D eigenvalue weighted by Gasteiger charge is -2.32. The molecule has 1 aromatic carbocycles. The number of piperidine rings is 1. The molecule has 5 heterocycles. The Morgan fingerprint density at radius 3 is 2.61 bits per heavy atom. The van der Waals surface area contributed by atoms with Crippen LogP contribution in [-0.4, -0.2) is 33.9 Å². The molecule has 0 unspecified atom stereocenters. The van der Waals surface area contributed by atoms with E-state index in [2.05, 4.69) is 45.5 Å². The number of aromatic nitrogens is 3. The van der Waals surface area contributed by atoms with Crippen molar-refractivity contribution < 1.29 is 9.21 Å². The highest BCUT2D eigenvalue weighted by Gasteiger charge is 2.27. The second-order valence-corrected chi connectivity index (χ2v) is 9.90. The lowest BCUT2D eigenvalue weighted by molar-refractivity contribution is -0.125. The fourth-order valence-corrected chi connectivity index (χ4v) is 5.63. The van der Waals surface area contributed by atoms with E-state index in [1.165, 1.54) is 5.56 Å². The summed E-state index contributed by atoms with van der Waals surface area (Å²) in [4.78, 5) is 31.3. The van der Waals surface area contributed by atoms with E-state index < -0.39 is 0 Å². The average molecular weight is 496 g/mol. The van der Waals surface area contributed by atoms with Crippen LogP contribution in [0.4, 0.5) is 5.82 Å². The summed E-state index contributed by atoms with van der Waals surface area (Å²) in [5, 5.41) is 4.06. The van der Waals surface area contributed by atoms with Crippen LogP contribution in [0.5, 0.6) is 0 Å². The van der Waals surface area contributed by atoms with Crippen molar-refractivity contribution in [3.05, 3.63) is 85.1 Å². The van der Waals surface area contributed by atoms with Gasteiger partial charge in [-0.3, -0.25) is 9.78 Å². The lowest BCUT2D eigenvalue weighted by atomic mass is 9.95. The number of furan rings is 1. The highest BCUT2D eigenvalue weighted by atomic mass is 32.1. The van der Waals surface area contributed by atoms with Crippen LogP contribution in [-0.2, 0) is 11.3 Å². The smallest absolute Gasteiger partial charge is 0.223 e. The van der Waals surface area contributed by atoms with Gasteiger partial charge in [-0.2, -0.15) is 0 Å². The van der Waals surface area contributed by atoms with Crippen molar-refractivity contribution >= 4 is 33.3 Å². The van der Waals surface area contributed by atoms with Gasteiger partial charge in [0.25, 0.3) is 0 Å². The van der Waals surface area contributed by atoms with Gasteiger partial charge in [-0.25, -0.2) is 9.97 Å². The molecule has 1 aliphatic rings. The molecule has 0 aliphatic carbocycles. The van der Waals surface area contributed by atoms with Gasteiger partial charge in [-0.1, -0.05) is 30.3 Å². The van der Waals surface area contributed by atoms with Gasteiger partial charge >= 0.3 is 0 Å². The Labute approximate surface area is 212 Å². The lowest BCUT2D eigenvalue weighted by Crippen LogP contribution is -2.40. The molecule has 180 valence electrons. The first-order chi connectivity index (χ1) is 17.7. The third-order valence-electron chi connectivity index (χ3n) is 6.53. The van der Waals surface area contributed by atoms with Crippen LogP contribution < -0.4 is 10.2 Å². The molecule has 0 saturated carbocycles. The number of hydrogen-bond donors (Lipinski definition) is 1. The molecule has 0 atom stereocenters. The number of carbonyl (C=O) groups excluding carboxylic acids is 1. The predicted octanol–water partition coefficient (Wildman–Crippen LogP) is 5.55. The number of hydrogen-bond acceptors (Lipinski definition) is 7. The van der Waals surface area contributed by atoms with Gasteiger partial charge in [0.2, 0.25) is 5.91 Å². The van der Waals surface area contributed by atoms with E-state index in [0.717, 1.165) is 58.2 Å². The van der Waals surface area contributed by atoms with E-state index in [1.54, 1.807) is 30.0 Å². The maximum atomic E-state index is 12.7. The van der Waals surface area contributed by atoms with E-state index in [0.29, 0.717) is 12.4 Å². The number of rotatable bonds is 6. The van der Waals surface area contributed by atoms with Gasteiger partial charge in [0.15, 0.2) is 5.82 Å². The molecule has 0 spiro atoms. The molecule has 1 fully saturated rings. The summed E-state index contributed by atoms with van der Waals surface area (Å²) in [6, 6.07) is 20.1. The van der Waals surface area contributed by atoms with Gasteiger partial charge in [-0.05, 0) is 48.7 Å². The minimum absolute atomic E-state index is 0.0197. The third-order valence-corrected chi connectivity index (χ3v) is 7.61. The Kier molecular flexibility index (Phi) is 6.17. The second-order valence-electron chi connectivity index (χ2n) is 8.87. The molecule has 4 aromatic heterocycles. The standard InChI is InChI=1S/C28H25N5O2S/c34-27(30-18-22-9-5-15-35-22)20-10-13-33(14-11-20)26-23-16-24(19-6-2-1-3-7-19)36-28(23)32-25(31-26)21-8-4-12-29-17-21/h1-9,12,15-17,20H,10-11,13-14,18H2,(H,30,34). The molecule has 1 saturated heterocycles. The molecule has 6 rings (SSSR count). The first-order valence-electron chi connectivity index (χ1n) is 12.1. The Balaban J connectivity index is 1.27. The molecule has 1 N–H and O–H groups in total. The average Bonchev–Trinajstić information content (AvgIpc) is 3.62. The second kappa shape index (κ2) is 9.91. The largest absolute Gasteiger partial charge is 0.467 e. The molecule has 7 nitrogen and oxygen atoms in total. The summed E-state index contributed by atoms with van der Waals surface area (Å²) < 4.78 is 5.33. The summed E-state index contributed by atoms with van der Waals surface area (Å²) in [5.41, 5.74) is 2.06. The van der Waals surface area contributed by atoms with Crippen LogP contribution in [0, 0.1) is 5.92 Å². The molecular formula is C28H25N5O2S. The molecule has 36 heavy (non-hydrogen) atoms. The van der Waals surface area contributed by atoms with E-state index in [-0.39, 0.29) is 11.8 Å². The van der Waals surface area contributed by atoms with Crippen molar-refractivity contribution in [1.82, 2.24) is 20.3 Å². The molecular weight excluding hydrogens is 470 g/mol. The van der Waals surface area contributed by atoms with Crippen molar-refractivity contribution in [3.63, 3.8) is 0 Å². The first-order valence-corrected chi connectivity index (χ1v) is 12.9. The zero-order valence-electron chi connectivity index (χ0n) is 19.6. The Hall–Kier alpha value is -4.04. The van der Waals surface area contributed by atoms with E-state index in [1.807, 2.05) is 30.3 Å². The number of carbonyl (C=O) groups is 1. The van der Waals surface area contributed by atoms with E-state index in [9.17, 15) is 4.79 Å². The zero-order chi connectivity index (χ0) is 24.3. The molecule has 5 aromatic rings. The van der Waals surface area contributed by atoms with Crippen molar-refractivity contribution in [2.75, 3.05) is 18.0 Å². The van der Waals surface area contributed by atoms with Crippen LogP contribution in [0.3, 0.4) is 0 Å². The Morgan fingerprint density at radius 2 is 1.86 bits per heavy atom. The topological polar surface area (TPSA) is 84.2 Å². The van der Waals surface area contributed by atoms with Gasteiger partial charge in [0.1, 0.15) is 16.4 Å². The van der Waals surface area contributed by atoms with Crippen LogP contribution in [0.2, 0.25) is 0 Å². The van der Waals surface area contributed by atoms with E-state index >= 15 is 0 Å². The monoisotopic (exact) mass is 495 g/mol. The summed E-state index contributed by atoms with van der Waals surface area (Å²) in [6.07, 6.45) is 6.71. The summed E-state index contributed by atoms with van der Waals surface area (Å²) >= 11 is 1.68. The highest BCUT2D eigenvalue weighted by molar-refractivity contribution is 7.22. The Morgan fingerprint density at radius 1 is 1.03 bits per heavy atom.